The van der Waals surface area contributed by atoms with Gasteiger partial charge in [-0.3, -0.25) is 9.59 Å². The molecule has 6 nitrogen and oxygen atoms in total. The Balaban J connectivity index is 0.00000225. The first kappa shape index (κ1) is 19.5. The standard InChI is InChI=1S/C18H25N3O3.ClH/c1-19-17(22)11-24-14-8-6-13(7-9-14)20-18(23)16-10-12-4-2-3-5-15(12)21-16;/h6-9,12,15-16,21H,2-5,10-11H2,1H3,(H,19,22)(H,20,23);1H. The summed E-state index contributed by atoms with van der Waals surface area (Å²) >= 11 is 0. The van der Waals surface area contributed by atoms with Gasteiger partial charge in [0.2, 0.25) is 5.91 Å². The second-order valence-corrected chi connectivity index (χ2v) is 6.58. The van der Waals surface area contributed by atoms with Gasteiger partial charge in [0.05, 0.1) is 6.04 Å². The summed E-state index contributed by atoms with van der Waals surface area (Å²) in [5.74, 6) is 1.10. The molecule has 2 amide bonds. The van der Waals surface area contributed by atoms with Crippen LogP contribution in [0.3, 0.4) is 0 Å². The summed E-state index contributed by atoms with van der Waals surface area (Å²) in [7, 11) is 1.57. The fourth-order valence-electron chi connectivity index (χ4n) is 3.61. The molecule has 2 fully saturated rings. The molecule has 3 N–H and O–H groups in total. The summed E-state index contributed by atoms with van der Waals surface area (Å²) in [5, 5.41) is 8.94. The largest absolute Gasteiger partial charge is 0.484 e. The van der Waals surface area contributed by atoms with E-state index in [1.807, 2.05) is 0 Å². The van der Waals surface area contributed by atoms with Gasteiger partial charge >= 0.3 is 0 Å². The second kappa shape index (κ2) is 9.06. The van der Waals surface area contributed by atoms with Crippen LogP contribution >= 0.6 is 12.4 Å². The molecule has 2 aliphatic rings. The summed E-state index contributed by atoms with van der Waals surface area (Å²) in [6.45, 7) is -0.0169. The van der Waals surface area contributed by atoms with Crippen LogP contribution < -0.4 is 20.7 Å². The molecule has 3 rings (SSSR count). The number of fused-ring (bicyclic) bond motifs is 1. The van der Waals surface area contributed by atoms with Crippen LogP contribution in [0, 0.1) is 5.92 Å². The Hall–Kier alpha value is -1.79. The molecule has 138 valence electrons. The summed E-state index contributed by atoms with van der Waals surface area (Å²) < 4.78 is 5.35. The molecule has 1 saturated heterocycles. The number of amides is 2. The number of hydrogen-bond donors (Lipinski definition) is 3. The smallest absolute Gasteiger partial charge is 0.257 e. The fraction of sp³-hybridized carbons (Fsp3) is 0.556. The molecule has 0 bridgehead atoms. The molecule has 25 heavy (non-hydrogen) atoms. The van der Waals surface area contributed by atoms with Gasteiger partial charge in [-0.05, 0) is 49.4 Å². The van der Waals surface area contributed by atoms with E-state index in [1.54, 1.807) is 31.3 Å². The highest BCUT2D eigenvalue weighted by atomic mass is 35.5. The van der Waals surface area contributed by atoms with E-state index in [4.69, 9.17) is 4.74 Å². The number of halogens is 1. The van der Waals surface area contributed by atoms with Crippen molar-refractivity contribution in [1.82, 2.24) is 10.6 Å². The quantitative estimate of drug-likeness (QED) is 0.744. The summed E-state index contributed by atoms with van der Waals surface area (Å²) in [5.41, 5.74) is 0.740. The highest BCUT2D eigenvalue weighted by Crippen LogP contribution is 2.33. The molecule has 3 atom stereocenters. The Morgan fingerprint density at radius 2 is 1.92 bits per heavy atom. The van der Waals surface area contributed by atoms with E-state index in [9.17, 15) is 9.59 Å². The number of anilines is 1. The molecule has 0 radical (unpaired) electrons. The van der Waals surface area contributed by atoms with Crippen molar-refractivity contribution in [2.75, 3.05) is 19.0 Å². The van der Waals surface area contributed by atoms with Gasteiger partial charge in [0.15, 0.2) is 6.61 Å². The van der Waals surface area contributed by atoms with Gasteiger partial charge in [-0.25, -0.2) is 0 Å². The van der Waals surface area contributed by atoms with Crippen LogP contribution in [0.25, 0.3) is 0 Å². The van der Waals surface area contributed by atoms with Crippen LogP contribution in [0.15, 0.2) is 24.3 Å². The summed E-state index contributed by atoms with van der Waals surface area (Å²) in [4.78, 5) is 23.6. The SMILES string of the molecule is CNC(=O)COc1ccc(NC(=O)C2CC3CCCCC3N2)cc1.Cl. The van der Waals surface area contributed by atoms with Gasteiger partial charge in [0.25, 0.3) is 5.91 Å². The Morgan fingerprint density at radius 1 is 1.20 bits per heavy atom. The number of nitrogens with one attached hydrogen (secondary N) is 3. The molecule has 1 heterocycles. The van der Waals surface area contributed by atoms with Gasteiger partial charge < -0.3 is 20.7 Å². The van der Waals surface area contributed by atoms with Crippen LogP contribution in [0.2, 0.25) is 0 Å². The van der Waals surface area contributed by atoms with Crippen molar-refractivity contribution in [3.63, 3.8) is 0 Å². The van der Waals surface area contributed by atoms with E-state index >= 15 is 0 Å². The number of carbonyl (C=O) groups is 2. The third kappa shape index (κ3) is 5.09. The molecule has 3 unspecified atom stereocenters. The average molecular weight is 368 g/mol. The lowest BCUT2D eigenvalue weighted by atomic mass is 9.85. The maximum absolute atomic E-state index is 12.4. The molecule has 0 aromatic heterocycles. The number of benzene rings is 1. The summed E-state index contributed by atoms with van der Waals surface area (Å²) in [6, 6.07) is 7.50. The molecule has 7 heteroatoms. The monoisotopic (exact) mass is 367 g/mol. The molecule has 1 aliphatic heterocycles. The van der Waals surface area contributed by atoms with Gasteiger partial charge in [-0.1, -0.05) is 12.8 Å². The molecule has 1 saturated carbocycles. The van der Waals surface area contributed by atoms with E-state index in [2.05, 4.69) is 16.0 Å². The van der Waals surface area contributed by atoms with Crippen molar-refractivity contribution in [3.8, 4) is 5.75 Å². The van der Waals surface area contributed by atoms with E-state index < -0.39 is 0 Å². The minimum Gasteiger partial charge on any atom is -0.484 e. The van der Waals surface area contributed by atoms with Gasteiger partial charge in [-0.2, -0.15) is 0 Å². The number of hydrogen-bond acceptors (Lipinski definition) is 4. The van der Waals surface area contributed by atoms with Gasteiger partial charge in [0, 0.05) is 18.8 Å². The summed E-state index contributed by atoms with van der Waals surface area (Å²) in [6.07, 6.45) is 5.91. The fourth-order valence-corrected chi connectivity index (χ4v) is 3.61. The van der Waals surface area contributed by atoms with E-state index in [-0.39, 0.29) is 36.9 Å². The van der Waals surface area contributed by atoms with Crippen LogP contribution in [-0.4, -0.2) is 37.6 Å². The zero-order valence-electron chi connectivity index (χ0n) is 14.4. The van der Waals surface area contributed by atoms with E-state index in [0.29, 0.717) is 17.7 Å². The molecular weight excluding hydrogens is 342 g/mol. The first-order valence-corrected chi connectivity index (χ1v) is 8.66. The van der Waals surface area contributed by atoms with Gasteiger partial charge in [0.1, 0.15) is 5.75 Å². The lowest BCUT2D eigenvalue weighted by Gasteiger charge is -2.24. The van der Waals surface area contributed by atoms with Crippen molar-refractivity contribution in [1.29, 1.82) is 0 Å². The maximum atomic E-state index is 12.4. The number of rotatable bonds is 5. The zero-order valence-corrected chi connectivity index (χ0v) is 15.2. The zero-order chi connectivity index (χ0) is 16.9. The second-order valence-electron chi connectivity index (χ2n) is 6.58. The lowest BCUT2D eigenvalue weighted by Crippen LogP contribution is -2.39. The van der Waals surface area contributed by atoms with Crippen molar-refractivity contribution in [3.05, 3.63) is 24.3 Å². The van der Waals surface area contributed by atoms with Crippen LogP contribution in [0.5, 0.6) is 5.75 Å². The molecular formula is C18H26ClN3O3. The van der Waals surface area contributed by atoms with E-state index in [0.717, 1.165) is 12.1 Å². The third-order valence-corrected chi connectivity index (χ3v) is 4.95. The lowest BCUT2D eigenvalue weighted by molar-refractivity contribution is -0.122. The molecule has 0 spiro atoms. The number of likely N-dealkylation sites (N-methyl/N-ethyl adjacent to an activating group) is 1. The molecule has 1 aromatic rings. The van der Waals surface area contributed by atoms with Crippen molar-refractivity contribution in [2.24, 2.45) is 5.92 Å². The van der Waals surface area contributed by atoms with Crippen molar-refractivity contribution < 1.29 is 14.3 Å². The Morgan fingerprint density at radius 3 is 2.60 bits per heavy atom. The minimum absolute atomic E-state index is 0. The Kier molecular flexibility index (Phi) is 7.08. The van der Waals surface area contributed by atoms with Gasteiger partial charge in [-0.15, -0.1) is 12.4 Å². The average Bonchev–Trinajstić information content (AvgIpc) is 3.05. The van der Waals surface area contributed by atoms with Crippen LogP contribution in [0.4, 0.5) is 5.69 Å². The van der Waals surface area contributed by atoms with Crippen molar-refractivity contribution in [2.45, 2.75) is 44.2 Å². The Bertz CT molecular complexity index is 580. The molecule has 1 aromatic carbocycles. The number of ether oxygens (including phenoxy) is 1. The van der Waals surface area contributed by atoms with E-state index in [1.165, 1.54) is 25.7 Å². The first-order valence-electron chi connectivity index (χ1n) is 8.66. The van der Waals surface area contributed by atoms with Crippen LogP contribution in [-0.2, 0) is 9.59 Å². The first-order chi connectivity index (χ1) is 11.7. The highest BCUT2D eigenvalue weighted by molar-refractivity contribution is 5.95. The maximum Gasteiger partial charge on any atom is 0.257 e. The van der Waals surface area contributed by atoms with Crippen LogP contribution in [0.1, 0.15) is 32.1 Å². The number of carbonyl (C=O) groups excluding carboxylic acids is 2. The third-order valence-electron chi connectivity index (χ3n) is 4.95. The Labute approximate surface area is 154 Å². The predicted molar refractivity (Wildman–Crippen MR) is 99.2 cm³/mol. The predicted octanol–water partition coefficient (Wildman–Crippen LogP) is 2.09. The molecule has 1 aliphatic carbocycles. The normalized spacial score (nSPS) is 24.6. The minimum atomic E-state index is -0.179. The topological polar surface area (TPSA) is 79.5 Å². The van der Waals surface area contributed by atoms with Crippen molar-refractivity contribution >= 4 is 29.9 Å². The highest BCUT2D eigenvalue weighted by Gasteiger charge is 2.38.